The molecule has 0 atom stereocenters. The van der Waals surface area contributed by atoms with Gasteiger partial charge in [-0.05, 0) is 0 Å². The van der Waals surface area contributed by atoms with Crippen LogP contribution in [0.2, 0.25) is 0 Å². The topological polar surface area (TPSA) is 12.4 Å². The van der Waals surface area contributed by atoms with Crippen molar-refractivity contribution < 1.29 is 0 Å². The Kier molecular flexibility index (Phi) is 3.21. The maximum atomic E-state index is 4.13. The molecule has 0 radical (unpaired) electrons. The molecule has 0 aromatic heterocycles. The number of rotatable bonds is 2. The molecule has 56 valence electrons. The van der Waals surface area contributed by atoms with E-state index in [-0.39, 0.29) is 0 Å². The van der Waals surface area contributed by atoms with E-state index in [1.54, 1.807) is 6.21 Å². The van der Waals surface area contributed by atoms with Crippen LogP contribution in [0.25, 0.3) is 0 Å². The van der Waals surface area contributed by atoms with Crippen LogP contribution in [0.5, 0.6) is 0 Å². The second kappa shape index (κ2) is 4.22. The third-order valence-electron chi connectivity index (χ3n) is 1.27. The van der Waals surface area contributed by atoms with Crippen LogP contribution in [-0.2, 0) is 0 Å². The number of hydrogen-bond acceptors (Lipinski definition) is 1. The molecule has 1 aromatic carbocycles. The molecule has 0 heterocycles. The van der Waals surface area contributed by atoms with Gasteiger partial charge in [-0.2, -0.15) is 0 Å². The van der Waals surface area contributed by atoms with Crippen molar-refractivity contribution in [2.24, 2.45) is 4.99 Å². The van der Waals surface area contributed by atoms with Gasteiger partial charge in [0.1, 0.15) is 0 Å². The number of hydrogen-bond donors (Lipinski definition) is 0. The van der Waals surface area contributed by atoms with Gasteiger partial charge in [0.2, 0.25) is 0 Å². The fourth-order valence-electron chi connectivity index (χ4n) is 0.773. The van der Waals surface area contributed by atoms with E-state index in [0.29, 0.717) is 0 Å². The summed E-state index contributed by atoms with van der Waals surface area (Å²) in [4.78, 5) is 4.13. The molecule has 1 nitrogen and oxygen atoms in total. The number of benzene rings is 1. The zero-order valence-corrected chi connectivity index (χ0v) is 8.03. The predicted molar refractivity (Wildman–Crippen MR) is 50.5 cm³/mol. The minimum atomic E-state index is 0.938. The Balaban J connectivity index is 2.86. The third-order valence-corrected chi connectivity index (χ3v) is 1.98. The Morgan fingerprint density at radius 2 is 2.00 bits per heavy atom. The van der Waals surface area contributed by atoms with E-state index in [4.69, 9.17) is 0 Å². The summed E-state index contributed by atoms with van der Waals surface area (Å²) in [7, 11) is 0. The van der Waals surface area contributed by atoms with Crippen molar-refractivity contribution in [3.8, 4) is 0 Å². The van der Waals surface area contributed by atoms with Gasteiger partial charge < -0.3 is 0 Å². The van der Waals surface area contributed by atoms with Gasteiger partial charge in [0, 0.05) is 0 Å². The molecule has 0 saturated carbocycles. The van der Waals surface area contributed by atoms with Crippen molar-refractivity contribution in [1.29, 1.82) is 0 Å². The van der Waals surface area contributed by atoms with Crippen molar-refractivity contribution >= 4 is 26.3 Å². The van der Waals surface area contributed by atoms with Crippen LogP contribution in [0.15, 0.2) is 35.3 Å². The Morgan fingerprint density at radius 3 is 2.55 bits per heavy atom. The summed E-state index contributed by atoms with van der Waals surface area (Å²) < 4.78 is 0.938. The fourth-order valence-corrected chi connectivity index (χ4v) is 1.28. The Hall–Kier alpha value is -0.721. The van der Waals surface area contributed by atoms with E-state index < -0.39 is 0 Å². The van der Waals surface area contributed by atoms with Gasteiger partial charge >= 0.3 is 74.1 Å². The molecule has 0 spiro atoms. The minimum absolute atomic E-state index is 0.938. The molecule has 11 heavy (non-hydrogen) atoms. The average Bonchev–Trinajstić information content (AvgIpc) is 2.07. The summed E-state index contributed by atoms with van der Waals surface area (Å²) in [6.07, 6.45) is 1.78. The van der Waals surface area contributed by atoms with Crippen LogP contribution in [0.1, 0.15) is 12.5 Å². The first kappa shape index (κ1) is 8.38. The summed E-state index contributed by atoms with van der Waals surface area (Å²) in [6.45, 7) is 1.90. The van der Waals surface area contributed by atoms with Gasteiger partial charge in [-0.25, -0.2) is 0 Å². The monoisotopic (exact) mass is 211 g/mol. The van der Waals surface area contributed by atoms with Crippen LogP contribution >= 0.6 is 0 Å². The molecule has 0 aliphatic carbocycles. The normalized spacial score (nSPS) is 10.3. The van der Waals surface area contributed by atoms with Crippen LogP contribution in [0, 0.1) is 0 Å². The van der Waals surface area contributed by atoms with Crippen LogP contribution in [0.3, 0.4) is 0 Å². The summed E-state index contributed by atoms with van der Waals surface area (Å²) in [6, 6.07) is 10.0. The van der Waals surface area contributed by atoms with E-state index in [1.165, 1.54) is 0 Å². The zero-order chi connectivity index (χ0) is 8.10. The van der Waals surface area contributed by atoms with Gasteiger partial charge in [-0.3, -0.25) is 0 Å². The molecule has 0 saturated heterocycles. The molecule has 0 fully saturated rings. The van der Waals surface area contributed by atoms with Crippen molar-refractivity contribution in [2.45, 2.75) is 6.92 Å². The first-order chi connectivity index (χ1) is 5.34. The van der Waals surface area contributed by atoms with Crippen molar-refractivity contribution in [3.05, 3.63) is 35.9 Å². The molecular formula is C9H9NSe. The second-order valence-electron chi connectivity index (χ2n) is 2.06. The molecule has 0 N–H and O–H groups in total. The Bertz CT molecular complexity index is 264. The number of aliphatic imine (C=N–C) groups is 1. The van der Waals surface area contributed by atoms with E-state index in [0.717, 1.165) is 10.1 Å². The van der Waals surface area contributed by atoms with Gasteiger partial charge in [0.25, 0.3) is 0 Å². The SMILES string of the molecule is CC=NC(=[Se])c1ccccc1. The maximum absolute atomic E-state index is 4.13. The van der Waals surface area contributed by atoms with Gasteiger partial charge in [0.05, 0.1) is 0 Å². The standard InChI is InChI=1S/C9H9NSe/c1-2-10-9(11)8-6-4-3-5-7-8/h2-7H,1H3. The molecule has 0 unspecified atom stereocenters. The van der Waals surface area contributed by atoms with Gasteiger partial charge in [-0.15, -0.1) is 0 Å². The molecule has 1 rings (SSSR count). The molecule has 0 bridgehead atoms. The molecular weight excluding hydrogens is 201 g/mol. The first-order valence-corrected chi connectivity index (χ1v) is 4.28. The quantitative estimate of drug-likeness (QED) is 0.517. The third kappa shape index (κ3) is 2.41. The molecule has 2 heteroatoms. The van der Waals surface area contributed by atoms with Crippen molar-refractivity contribution in [1.82, 2.24) is 0 Å². The van der Waals surface area contributed by atoms with Gasteiger partial charge in [-0.1, -0.05) is 0 Å². The average molecular weight is 210 g/mol. The number of nitrogens with zero attached hydrogens (tertiary/aromatic N) is 1. The summed E-state index contributed by atoms with van der Waals surface area (Å²) in [5, 5.41) is 0. The second-order valence-corrected chi connectivity index (χ2v) is 2.87. The summed E-state index contributed by atoms with van der Waals surface area (Å²) >= 11 is 2.91. The van der Waals surface area contributed by atoms with Crippen molar-refractivity contribution in [2.75, 3.05) is 0 Å². The van der Waals surface area contributed by atoms with Crippen LogP contribution in [-0.4, -0.2) is 26.3 Å². The molecule has 0 aliphatic heterocycles. The molecule has 0 amide bonds. The van der Waals surface area contributed by atoms with Crippen LogP contribution in [0.4, 0.5) is 0 Å². The van der Waals surface area contributed by atoms with E-state index in [1.807, 2.05) is 37.3 Å². The van der Waals surface area contributed by atoms with Gasteiger partial charge in [0.15, 0.2) is 0 Å². The van der Waals surface area contributed by atoms with E-state index in [2.05, 4.69) is 20.6 Å². The van der Waals surface area contributed by atoms with Crippen molar-refractivity contribution in [3.63, 3.8) is 0 Å². The molecule has 1 aromatic rings. The van der Waals surface area contributed by atoms with Crippen LogP contribution < -0.4 is 0 Å². The first-order valence-electron chi connectivity index (χ1n) is 3.42. The summed E-state index contributed by atoms with van der Waals surface area (Å²) in [5.74, 6) is 0. The summed E-state index contributed by atoms with van der Waals surface area (Å²) in [5.41, 5.74) is 1.13. The zero-order valence-electron chi connectivity index (χ0n) is 6.32. The molecule has 0 aliphatic rings. The van der Waals surface area contributed by atoms with E-state index >= 15 is 0 Å². The predicted octanol–water partition coefficient (Wildman–Crippen LogP) is 1.42. The Labute approximate surface area is 74.5 Å². The van der Waals surface area contributed by atoms with E-state index in [9.17, 15) is 0 Å². The Morgan fingerprint density at radius 1 is 1.36 bits per heavy atom. The fraction of sp³-hybridized carbons (Fsp3) is 0.111.